The summed E-state index contributed by atoms with van der Waals surface area (Å²) in [6.07, 6.45) is 6.14. The number of aromatic nitrogens is 3. The molecule has 7 nitrogen and oxygen atoms in total. The molecule has 1 aromatic carbocycles. The average molecular weight is 351 g/mol. The zero-order valence-corrected chi connectivity index (χ0v) is 14.9. The highest BCUT2D eigenvalue weighted by Gasteiger charge is 2.24. The lowest BCUT2D eigenvalue weighted by Gasteiger charge is -2.34. The molecule has 1 aliphatic heterocycles. The van der Waals surface area contributed by atoms with Gasteiger partial charge in [0.2, 0.25) is 0 Å². The molecule has 26 heavy (non-hydrogen) atoms. The zero-order chi connectivity index (χ0) is 18.3. The molecular weight excluding hydrogens is 330 g/mol. The Bertz CT molecular complexity index is 973. The van der Waals surface area contributed by atoms with Crippen LogP contribution in [0.2, 0.25) is 0 Å². The topological polar surface area (TPSA) is 77.1 Å². The standard InChI is InChI=1S/C19H21N5O2/c1-13-10-18(16-4-3-5-17(24(25)26)19(16)21-13)23-8-6-14(7-9-23)15-11-20-22(2)12-15/h3-5,10-12,14H,6-9H2,1-2H3. The fraction of sp³-hybridized carbons (Fsp3) is 0.368. The summed E-state index contributed by atoms with van der Waals surface area (Å²) in [5, 5.41) is 16.5. The van der Waals surface area contributed by atoms with E-state index in [0.29, 0.717) is 11.4 Å². The number of rotatable bonds is 3. The number of non-ortho nitro benzene ring substituents is 1. The van der Waals surface area contributed by atoms with Crippen LogP contribution < -0.4 is 4.90 Å². The lowest BCUT2D eigenvalue weighted by atomic mass is 9.91. The second kappa shape index (κ2) is 6.40. The van der Waals surface area contributed by atoms with Crippen molar-refractivity contribution in [3.63, 3.8) is 0 Å². The smallest absolute Gasteiger partial charge is 0.295 e. The summed E-state index contributed by atoms with van der Waals surface area (Å²) < 4.78 is 1.85. The molecule has 0 N–H and O–H groups in total. The van der Waals surface area contributed by atoms with Crippen LogP contribution in [-0.2, 0) is 7.05 Å². The first kappa shape index (κ1) is 16.5. The molecule has 0 unspecified atom stereocenters. The molecule has 3 heterocycles. The van der Waals surface area contributed by atoms with Crippen LogP contribution in [0, 0.1) is 17.0 Å². The molecular formula is C19H21N5O2. The summed E-state index contributed by atoms with van der Waals surface area (Å²) in [5.74, 6) is 0.517. The van der Waals surface area contributed by atoms with E-state index in [1.807, 2.05) is 37.0 Å². The van der Waals surface area contributed by atoms with E-state index in [0.717, 1.165) is 42.7 Å². The molecule has 4 rings (SSSR count). The Hall–Kier alpha value is -2.96. The van der Waals surface area contributed by atoms with E-state index >= 15 is 0 Å². The Morgan fingerprint density at radius 1 is 1.27 bits per heavy atom. The van der Waals surface area contributed by atoms with Crippen LogP contribution in [0.25, 0.3) is 10.9 Å². The fourth-order valence-corrected chi connectivity index (χ4v) is 3.85. The summed E-state index contributed by atoms with van der Waals surface area (Å²) in [5.41, 5.74) is 3.68. The van der Waals surface area contributed by atoms with Gasteiger partial charge in [-0.15, -0.1) is 0 Å². The lowest BCUT2D eigenvalue weighted by Crippen LogP contribution is -2.33. The second-order valence-corrected chi connectivity index (χ2v) is 6.92. The SMILES string of the molecule is Cc1cc(N2CCC(c3cnn(C)c3)CC2)c2cccc([N+](=O)[O-])c2n1. The molecule has 1 aliphatic rings. The minimum Gasteiger partial charge on any atom is -0.371 e. The van der Waals surface area contributed by atoms with Gasteiger partial charge in [-0.1, -0.05) is 12.1 Å². The van der Waals surface area contributed by atoms with E-state index in [1.165, 1.54) is 11.6 Å². The third-order valence-electron chi connectivity index (χ3n) is 5.15. The predicted molar refractivity (Wildman–Crippen MR) is 101 cm³/mol. The van der Waals surface area contributed by atoms with Gasteiger partial charge in [-0.2, -0.15) is 5.10 Å². The van der Waals surface area contributed by atoms with Gasteiger partial charge in [0.05, 0.1) is 11.1 Å². The number of nitro groups is 1. The van der Waals surface area contributed by atoms with Gasteiger partial charge in [0.25, 0.3) is 5.69 Å². The molecule has 1 fully saturated rings. The Morgan fingerprint density at radius 3 is 2.69 bits per heavy atom. The Kier molecular flexibility index (Phi) is 4.06. The highest BCUT2D eigenvalue weighted by Crippen LogP contribution is 2.36. The van der Waals surface area contributed by atoms with Crippen molar-refractivity contribution in [3.8, 4) is 0 Å². The minimum absolute atomic E-state index is 0.0673. The number of hydrogen-bond acceptors (Lipinski definition) is 5. The summed E-state index contributed by atoms with van der Waals surface area (Å²) in [6.45, 7) is 3.73. The van der Waals surface area contributed by atoms with Crippen LogP contribution in [-0.4, -0.2) is 32.8 Å². The normalized spacial score (nSPS) is 15.5. The maximum absolute atomic E-state index is 11.4. The molecule has 0 bridgehead atoms. The van der Waals surface area contributed by atoms with E-state index in [9.17, 15) is 10.1 Å². The number of nitrogens with zero attached hydrogens (tertiary/aromatic N) is 5. The maximum Gasteiger partial charge on any atom is 0.295 e. The summed E-state index contributed by atoms with van der Waals surface area (Å²) in [6, 6.07) is 7.23. The van der Waals surface area contributed by atoms with Gasteiger partial charge in [-0.05, 0) is 37.3 Å². The molecule has 0 radical (unpaired) electrons. The van der Waals surface area contributed by atoms with Crippen molar-refractivity contribution in [2.75, 3.05) is 18.0 Å². The number of benzene rings is 1. The number of piperidine rings is 1. The van der Waals surface area contributed by atoms with Gasteiger partial charge in [0.15, 0.2) is 5.52 Å². The van der Waals surface area contributed by atoms with E-state index in [4.69, 9.17) is 0 Å². The number of nitro benzene ring substituents is 1. The van der Waals surface area contributed by atoms with Crippen molar-refractivity contribution in [1.29, 1.82) is 0 Å². The van der Waals surface area contributed by atoms with E-state index in [1.54, 1.807) is 6.07 Å². The quantitative estimate of drug-likeness (QED) is 0.532. The average Bonchev–Trinajstić information content (AvgIpc) is 3.07. The number of fused-ring (bicyclic) bond motifs is 1. The third-order valence-corrected chi connectivity index (χ3v) is 5.15. The number of para-hydroxylation sites is 1. The van der Waals surface area contributed by atoms with Crippen LogP contribution in [0.3, 0.4) is 0 Å². The predicted octanol–water partition coefficient (Wildman–Crippen LogP) is 3.57. The van der Waals surface area contributed by atoms with E-state index < -0.39 is 0 Å². The highest BCUT2D eigenvalue weighted by atomic mass is 16.6. The fourth-order valence-electron chi connectivity index (χ4n) is 3.85. The molecule has 1 saturated heterocycles. The lowest BCUT2D eigenvalue weighted by molar-refractivity contribution is -0.383. The monoisotopic (exact) mass is 351 g/mol. The highest BCUT2D eigenvalue weighted by molar-refractivity contribution is 5.97. The summed E-state index contributed by atoms with van der Waals surface area (Å²) >= 11 is 0. The molecule has 0 amide bonds. The van der Waals surface area contributed by atoms with E-state index in [-0.39, 0.29) is 10.6 Å². The van der Waals surface area contributed by atoms with Crippen molar-refractivity contribution in [2.24, 2.45) is 7.05 Å². The second-order valence-electron chi connectivity index (χ2n) is 6.92. The van der Waals surface area contributed by atoms with Crippen LogP contribution >= 0.6 is 0 Å². The zero-order valence-electron chi connectivity index (χ0n) is 14.9. The number of aryl methyl sites for hydroxylation is 2. The maximum atomic E-state index is 11.4. The molecule has 0 saturated carbocycles. The number of pyridine rings is 1. The van der Waals surface area contributed by atoms with Crippen molar-refractivity contribution >= 4 is 22.3 Å². The van der Waals surface area contributed by atoms with Crippen molar-refractivity contribution < 1.29 is 4.92 Å². The Morgan fingerprint density at radius 2 is 2.04 bits per heavy atom. The minimum atomic E-state index is -0.354. The van der Waals surface area contributed by atoms with Gasteiger partial charge < -0.3 is 4.90 Å². The molecule has 3 aromatic rings. The first-order chi connectivity index (χ1) is 12.5. The van der Waals surface area contributed by atoms with Crippen molar-refractivity contribution in [2.45, 2.75) is 25.7 Å². The van der Waals surface area contributed by atoms with Gasteiger partial charge >= 0.3 is 0 Å². The summed E-state index contributed by atoms with van der Waals surface area (Å²) in [4.78, 5) is 17.8. The number of anilines is 1. The van der Waals surface area contributed by atoms with Crippen LogP contribution in [0.5, 0.6) is 0 Å². The van der Waals surface area contributed by atoms with Gasteiger partial charge in [-0.3, -0.25) is 14.8 Å². The molecule has 7 heteroatoms. The van der Waals surface area contributed by atoms with Crippen LogP contribution in [0.1, 0.15) is 30.0 Å². The van der Waals surface area contributed by atoms with Gasteiger partial charge in [-0.25, -0.2) is 4.98 Å². The summed E-state index contributed by atoms with van der Waals surface area (Å²) in [7, 11) is 1.94. The van der Waals surface area contributed by atoms with Gasteiger partial charge in [0, 0.05) is 49.2 Å². The van der Waals surface area contributed by atoms with Gasteiger partial charge in [0.1, 0.15) is 0 Å². The van der Waals surface area contributed by atoms with E-state index in [2.05, 4.69) is 21.2 Å². The van der Waals surface area contributed by atoms with Crippen LogP contribution in [0.15, 0.2) is 36.7 Å². The molecule has 0 aliphatic carbocycles. The number of hydrogen-bond donors (Lipinski definition) is 0. The molecule has 0 spiro atoms. The Labute approximate surface area is 151 Å². The largest absolute Gasteiger partial charge is 0.371 e. The Balaban J connectivity index is 1.65. The van der Waals surface area contributed by atoms with Crippen molar-refractivity contribution in [1.82, 2.24) is 14.8 Å². The third kappa shape index (κ3) is 2.89. The van der Waals surface area contributed by atoms with Crippen molar-refractivity contribution in [3.05, 3.63) is 58.0 Å². The molecule has 2 aromatic heterocycles. The molecule has 0 atom stereocenters. The first-order valence-corrected chi connectivity index (χ1v) is 8.81. The molecule has 134 valence electrons. The first-order valence-electron chi connectivity index (χ1n) is 8.81. The van der Waals surface area contributed by atoms with Crippen LogP contribution in [0.4, 0.5) is 11.4 Å².